The summed E-state index contributed by atoms with van der Waals surface area (Å²) < 4.78 is 21.8. The number of methoxy groups -OCH3 is 1. The number of rotatable bonds is 3. The molecule has 5 nitrogen and oxygen atoms in total. The minimum Gasteiger partial charge on any atom is -0.480 e. The summed E-state index contributed by atoms with van der Waals surface area (Å²) in [7, 11) is 1.56. The Morgan fingerprint density at radius 2 is 1.96 bits per heavy atom. The van der Waals surface area contributed by atoms with Crippen LogP contribution in [0.5, 0.6) is 5.88 Å². The van der Waals surface area contributed by atoms with E-state index in [1.807, 2.05) is 6.07 Å². The Balaban J connectivity index is 2.04. The van der Waals surface area contributed by atoms with Crippen molar-refractivity contribution < 1.29 is 9.13 Å². The lowest BCUT2D eigenvalue weighted by atomic mass is 9.84. The summed E-state index contributed by atoms with van der Waals surface area (Å²) in [6.45, 7) is 0. The van der Waals surface area contributed by atoms with Crippen molar-refractivity contribution in [3.05, 3.63) is 42.1 Å². The summed E-state index contributed by atoms with van der Waals surface area (Å²) >= 11 is 0. The summed E-state index contributed by atoms with van der Waals surface area (Å²) in [6.07, 6.45) is 7.19. The van der Waals surface area contributed by atoms with E-state index in [1.54, 1.807) is 23.8 Å². The van der Waals surface area contributed by atoms with Gasteiger partial charge in [0.05, 0.1) is 18.4 Å². The third-order valence-electron chi connectivity index (χ3n) is 4.76. The van der Waals surface area contributed by atoms with E-state index in [1.165, 1.54) is 31.7 Å². The molecule has 0 bridgehead atoms. The lowest BCUT2D eigenvalue weighted by Gasteiger charge is -2.25. The van der Waals surface area contributed by atoms with Gasteiger partial charge >= 0.3 is 0 Å². The van der Waals surface area contributed by atoms with Crippen molar-refractivity contribution in [2.75, 3.05) is 7.11 Å². The largest absolute Gasteiger partial charge is 0.480 e. The Labute approximate surface area is 139 Å². The summed E-state index contributed by atoms with van der Waals surface area (Å²) in [5.41, 5.74) is 2.15. The lowest BCUT2D eigenvalue weighted by Crippen LogP contribution is -2.14. The first-order valence-corrected chi connectivity index (χ1v) is 8.32. The highest BCUT2D eigenvalue weighted by Gasteiger charge is 2.28. The highest BCUT2D eigenvalue weighted by atomic mass is 19.1. The first kappa shape index (κ1) is 15.1. The molecule has 2 heterocycles. The highest BCUT2D eigenvalue weighted by Crippen LogP contribution is 2.42. The molecule has 1 saturated carbocycles. The van der Waals surface area contributed by atoms with Crippen molar-refractivity contribution in [1.82, 2.24) is 19.6 Å². The molecule has 6 heteroatoms. The standard InChI is InChI=1S/C18H19FN4O/c1-24-17-15(13-9-5-6-10-14(13)19)16(12-7-3-2-4-8-12)23-18(22-17)20-11-21-23/h5-6,9-12H,2-4,7-8H2,1H3. The summed E-state index contributed by atoms with van der Waals surface area (Å²) in [5.74, 6) is 0.914. The van der Waals surface area contributed by atoms with Crippen LogP contribution in [0.4, 0.5) is 4.39 Å². The topological polar surface area (TPSA) is 52.3 Å². The Kier molecular flexibility index (Phi) is 3.88. The molecule has 0 atom stereocenters. The molecule has 0 unspecified atom stereocenters. The molecule has 0 radical (unpaired) electrons. The Morgan fingerprint density at radius 3 is 2.71 bits per heavy atom. The van der Waals surface area contributed by atoms with Crippen LogP contribution in [0.3, 0.4) is 0 Å². The molecule has 24 heavy (non-hydrogen) atoms. The molecule has 1 aliphatic carbocycles. The molecule has 0 spiro atoms. The van der Waals surface area contributed by atoms with Gasteiger partial charge in [0.25, 0.3) is 5.78 Å². The number of aromatic nitrogens is 4. The van der Waals surface area contributed by atoms with E-state index in [2.05, 4.69) is 15.1 Å². The molecular weight excluding hydrogens is 307 g/mol. The molecule has 3 aromatic rings. The first-order valence-electron chi connectivity index (χ1n) is 8.32. The first-order chi connectivity index (χ1) is 11.8. The molecule has 4 rings (SSSR count). The van der Waals surface area contributed by atoms with Crippen LogP contribution in [0.2, 0.25) is 0 Å². The fourth-order valence-corrected chi connectivity index (χ4v) is 3.66. The van der Waals surface area contributed by atoms with E-state index in [9.17, 15) is 4.39 Å². The van der Waals surface area contributed by atoms with Crippen molar-refractivity contribution in [1.29, 1.82) is 0 Å². The maximum atomic E-state index is 14.5. The smallest absolute Gasteiger partial charge is 0.255 e. The molecule has 0 N–H and O–H groups in total. The van der Waals surface area contributed by atoms with E-state index >= 15 is 0 Å². The predicted octanol–water partition coefficient (Wildman–Crippen LogP) is 3.99. The monoisotopic (exact) mass is 326 g/mol. The van der Waals surface area contributed by atoms with Crippen LogP contribution in [-0.4, -0.2) is 26.7 Å². The molecule has 0 saturated heterocycles. The minimum atomic E-state index is -0.283. The molecule has 2 aromatic heterocycles. The minimum absolute atomic E-state index is 0.283. The highest BCUT2D eigenvalue weighted by molar-refractivity contribution is 5.73. The van der Waals surface area contributed by atoms with Gasteiger partial charge in [0.2, 0.25) is 5.88 Å². The fourth-order valence-electron chi connectivity index (χ4n) is 3.66. The second-order valence-electron chi connectivity index (χ2n) is 6.17. The molecule has 0 amide bonds. The Bertz CT molecular complexity index is 871. The molecule has 1 aromatic carbocycles. The van der Waals surface area contributed by atoms with Gasteiger partial charge in [-0.25, -0.2) is 8.91 Å². The summed E-state index contributed by atoms with van der Waals surface area (Å²) in [6, 6.07) is 6.75. The van der Waals surface area contributed by atoms with Crippen molar-refractivity contribution >= 4 is 5.78 Å². The van der Waals surface area contributed by atoms with Crippen LogP contribution in [0.15, 0.2) is 30.6 Å². The summed E-state index contributed by atoms with van der Waals surface area (Å²) in [4.78, 5) is 8.63. The maximum Gasteiger partial charge on any atom is 0.255 e. The van der Waals surface area contributed by atoms with Crippen molar-refractivity contribution in [3.63, 3.8) is 0 Å². The van der Waals surface area contributed by atoms with Crippen molar-refractivity contribution in [2.45, 2.75) is 38.0 Å². The van der Waals surface area contributed by atoms with Crippen LogP contribution in [0, 0.1) is 5.82 Å². The van der Waals surface area contributed by atoms with Crippen LogP contribution < -0.4 is 4.74 Å². The zero-order valence-corrected chi connectivity index (χ0v) is 13.6. The number of hydrogen-bond acceptors (Lipinski definition) is 4. The average molecular weight is 326 g/mol. The van der Waals surface area contributed by atoms with Gasteiger partial charge in [-0.1, -0.05) is 37.5 Å². The number of fused-ring (bicyclic) bond motifs is 1. The van der Waals surface area contributed by atoms with Gasteiger partial charge < -0.3 is 4.74 Å². The second kappa shape index (κ2) is 6.19. The van der Waals surface area contributed by atoms with Crippen molar-refractivity contribution in [2.24, 2.45) is 0 Å². The van der Waals surface area contributed by atoms with E-state index in [0.29, 0.717) is 28.7 Å². The van der Waals surface area contributed by atoms with Gasteiger partial charge in [-0.05, 0) is 18.9 Å². The second-order valence-corrected chi connectivity index (χ2v) is 6.17. The van der Waals surface area contributed by atoms with Crippen molar-refractivity contribution in [3.8, 4) is 17.0 Å². The number of hydrogen-bond donors (Lipinski definition) is 0. The van der Waals surface area contributed by atoms with E-state index in [0.717, 1.165) is 18.5 Å². The zero-order valence-electron chi connectivity index (χ0n) is 13.6. The number of benzene rings is 1. The quantitative estimate of drug-likeness (QED) is 0.730. The zero-order chi connectivity index (χ0) is 16.5. The van der Waals surface area contributed by atoms with Crippen LogP contribution in [0.1, 0.15) is 43.7 Å². The van der Waals surface area contributed by atoms with Crippen LogP contribution in [-0.2, 0) is 0 Å². The fraction of sp³-hybridized carbons (Fsp3) is 0.389. The average Bonchev–Trinajstić information content (AvgIpc) is 3.09. The van der Waals surface area contributed by atoms with Crippen LogP contribution in [0.25, 0.3) is 16.9 Å². The van der Waals surface area contributed by atoms with Gasteiger partial charge in [0.15, 0.2) is 0 Å². The van der Waals surface area contributed by atoms with E-state index in [4.69, 9.17) is 4.74 Å². The van der Waals surface area contributed by atoms with Crippen LogP contribution >= 0.6 is 0 Å². The van der Waals surface area contributed by atoms with E-state index in [-0.39, 0.29) is 5.82 Å². The van der Waals surface area contributed by atoms with Gasteiger partial charge in [-0.15, -0.1) is 0 Å². The van der Waals surface area contributed by atoms with Gasteiger partial charge in [-0.3, -0.25) is 0 Å². The number of nitrogens with zero attached hydrogens (tertiary/aromatic N) is 4. The predicted molar refractivity (Wildman–Crippen MR) is 88.6 cm³/mol. The Morgan fingerprint density at radius 1 is 1.17 bits per heavy atom. The number of ether oxygens (including phenoxy) is 1. The third kappa shape index (κ3) is 2.42. The van der Waals surface area contributed by atoms with Gasteiger partial charge in [0, 0.05) is 11.5 Å². The third-order valence-corrected chi connectivity index (χ3v) is 4.76. The maximum absolute atomic E-state index is 14.5. The Hall–Kier alpha value is -2.50. The van der Waals surface area contributed by atoms with Gasteiger partial charge in [0.1, 0.15) is 12.1 Å². The molecule has 1 aliphatic rings. The summed E-state index contributed by atoms with van der Waals surface area (Å²) in [5, 5.41) is 4.35. The molecule has 1 fully saturated rings. The SMILES string of the molecule is COc1nc2ncnn2c(C2CCCCC2)c1-c1ccccc1F. The molecular formula is C18H19FN4O. The van der Waals surface area contributed by atoms with E-state index < -0.39 is 0 Å². The molecule has 0 aliphatic heterocycles. The molecule has 124 valence electrons. The van der Waals surface area contributed by atoms with Gasteiger partial charge in [-0.2, -0.15) is 15.1 Å². The number of halogens is 1. The normalized spacial score (nSPS) is 15.8. The lowest BCUT2D eigenvalue weighted by molar-refractivity contribution is 0.392.